The van der Waals surface area contributed by atoms with Crippen LogP contribution in [0.5, 0.6) is 5.75 Å². The molecule has 0 aliphatic rings. The van der Waals surface area contributed by atoms with Crippen molar-refractivity contribution in [3.63, 3.8) is 0 Å². The van der Waals surface area contributed by atoms with Gasteiger partial charge in [0.15, 0.2) is 6.61 Å². The first kappa shape index (κ1) is 19.2. The van der Waals surface area contributed by atoms with Crippen molar-refractivity contribution in [3.05, 3.63) is 40.2 Å². The van der Waals surface area contributed by atoms with E-state index in [9.17, 15) is 13.2 Å². The maximum atomic E-state index is 12.3. The van der Waals surface area contributed by atoms with Crippen molar-refractivity contribution < 1.29 is 17.9 Å². The number of halogens is 1. The minimum atomic E-state index is -3.93. The van der Waals surface area contributed by atoms with E-state index in [4.69, 9.17) is 16.3 Å². The number of carbonyl (C=O) groups excluding carboxylic acids is 1. The molecule has 0 unspecified atom stereocenters. The number of nitrogens with zero attached hydrogens (tertiary/aromatic N) is 2. The molecule has 0 atom stereocenters. The predicted molar refractivity (Wildman–Crippen MR) is 92.8 cm³/mol. The molecule has 1 aromatic heterocycles. The molecular weight excluding hydrogens is 368 g/mol. The van der Waals surface area contributed by atoms with E-state index in [2.05, 4.69) is 10.5 Å². The number of rotatable bonds is 6. The molecule has 25 heavy (non-hydrogen) atoms. The van der Waals surface area contributed by atoms with Gasteiger partial charge in [-0.3, -0.25) is 14.9 Å². The molecule has 0 aliphatic heterocycles. The summed E-state index contributed by atoms with van der Waals surface area (Å²) in [7, 11) is -2.29. The summed E-state index contributed by atoms with van der Waals surface area (Å²) < 4.78 is 31.5. The molecule has 0 radical (unpaired) electrons. The fourth-order valence-corrected chi connectivity index (χ4v) is 3.80. The second kappa shape index (κ2) is 7.42. The summed E-state index contributed by atoms with van der Waals surface area (Å²) in [5.74, 6) is -0.154. The van der Waals surface area contributed by atoms with Crippen molar-refractivity contribution in [2.75, 3.05) is 6.61 Å². The Kier molecular flexibility index (Phi) is 5.71. The number of sulfonamides is 1. The van der Waals surface area contributed by atoms with Gasteiger partial charge in [0.2, 0.25) is 0 Å². The Labute approximate surface area is 151 Å². The zero-order valence-electron chi connectivity index (χ0n) is 14.3. The Morgan fingerprint density at radius 1 is 1.32 bits per heavy atom. The van der Waals surface area contributed by atoms with Crippen molar-refractivity contribution in [3.8, 4) is 5.75 Å². The number of benzene rings is 1. The van der Waals surface area contributed by atoms with Crippen molar-refractivity contribution in [2.24, 2.45) is 7.05 Å². The van der Waals surface area contributed by atoms with Crippen LogP contribution in [0, 0.1) is 20.8 Å². The Balaban J connectivity index is 1.97. The SMILES string of the molecule is Cc1cc(Cl)ccc1OCC(=O)NNS(=O)(=O)c1c(C)nn(C)c1C. The van der Waals surface area contributed by atoms with Crippen LogP contribution in [0.1, 0.15) is 17.0 Å². The van der Waals surface area contributed by atoms with Gasteiger partial charge >= 0.3 is 0 Å². The fourth-order valence-electron chi connectivity index (χ4n) is 2.27. The van der Waals surface area contributed by atoms with Gasteiger partial charge in [0.1, 0.15) is 10.6 Å². The van der Waals surface area contributed by atoms with E-state index < -0.39 is 15.9 Å². The number of amides is 1. The molecule has 1 heterocycles. The largest absolute Gasteiger partial charge is 0.483 e. The number of ether oxygens (including phenoxy) is 1. The fraction of sp³-hybridized carbons (Fsp3) is 0.333. The van der Waals surface area contributed by atoms with E-state index in [0.717, 1.165) is 5.56 Å². The molecule has 2 N–H and O–H groups in total. The van der Waals surface area contributed by atoms with Crippen LogP contribution in [-0.2, 0) is 21.9 Å². The molecule has 1 aromatic carbocycles. The van der Waals surface area contributed by atoms with Crippen LogP contribution in [0.15, 0.2) is 23.1 Å². The quantitative estimate of drug-likeness (QED) is 0.730. The van der Waals surface area contributed by atoms with Crippen LogP contribution in [0.25, 0.3) is 0 Å². The van der Waals surface area contributed by atoms with Crippen LogP contribution in [-0.4, -0.2) is 30.7 Å². The predicted octanol–water partition coefficient (Wildman–Crippen LogP) is 1.39. The number of aryl methyl sites for hydroxylation is 3. The van der Waals surface area contributed by atoms with Gasteiger partial charge in [-0.05, 0) is 44.5 Å². The molecule has 0 saturated heterocycles. The molecular formula is C15H19ClN4O4S. The van der Waals surface area contributed by atoms with Crippen LogP contribution in [0.2, 0.25) is 5.02 Å². The van der Waals surface area contributed by atoms with Gasteiger partial charge in [-0.15, -0.1) is 4.83 Å². The zero-order valence-corrected chi connectivity index (χ0v) is 15.8. The minimum Gasteiger partial charge on any atom is -0.483 e. The maximum absolute atomic E-state index is 12.3. The van der Waals surface area contributed by atoms with E-state index in [1.165, 1.54) is 4.68 Å². The summed E-state index contributed by atoms with van der Waals surface area (Å²) in [5.41, 5.74) is 3.69. The molecule has 0 spiro atoms. The van der Waals surface area contributed by atoms with Gasteiger partial charge < -0.3 is 4.74 Å². The second-order valence-electron chi connectivity index (χ2n) is 5.48. The van der Waals surface area contributed by atoms with Gasteiger partial charge in [0, 0.05) is 12.1 Å². The minimum absolute atomic E-state index is 0.0322. The third-order valence-corrected chi connectivity index (χ3v) is 5.27. The number of carbonyl (C=O) groups is 1. The van der Waals surface area contributed by atoms with Gasteiger partial charge in [0.25, 0.3) is 15.9 Å². The number of hydrogen-bond acceptors (Lipinski definition) is 5. The molecule has 0 saturated carbocycles. The highest BCUT2D eigenvalue weighted by Gasteiger charge is 2.24. The van der Waals surface area contributed by atoms with Gasteiger partial charge in [-0.2, -0.15) is 5.10 Å². The lowest BCUT2D eigenvalue weighted by Crippen LogP contribution is -2.44. The Morgan fingerprint density at radius 2 is 2.00 bits per heavy atom. The summed E-state index contributed by atoms with van der Waals surface area (Å²) in [5, 5.41) is 4.61. The van der Waals surface area contributed by atoms with Crippen molar-refractivity contribution >= 4 is 27.5 Å². The molecule has 10 heteroatoms. The van der Waals surface area contributed by atoms with Gasteiger partial charge in [-0.1, -0.05) is 11.6 Å². The summed E-state index contributed by atoms with van der Waals surface area (Å²) in [6.07, 6.45) is 0. The highest BCUT2D eigenvalue weighted by Crippen LogP contribution is 2.21. The third-order valence-electron chi connectivity index (χ3n) is 3.53. The molecule has 0 aliphatic carbocycles. The summed E-state index contributed by atoms with van der Waals surface area (Å²) in [4.78, 5) is 13.9. The van der Waals surface area contributed by atoms with E-state index in [0.29, 0.717) is 22.2 Å². The number of aromatic nitrogens is 2. The van der Waals surface area contributed by atoms with Crippen LogP contribution in [0.4, 0.5) is 0 Å². The van der Waals surface area contributed by atoms with Crippen LogP contribution < -0.4 is 15.0 Å². The van der Waals surface area contributed by atoms with E-state index in [1.54, 1.807) is 46.0 Å². The average Bonchev–Trinajstić information content (AvgIpc) is 2.77. The molecule has 1 amide bonds. The molecule has 8 nitrogen and oxygen atoms in total. The lowest BCUT2D eigenvalue weighted by Gasteiger charge is -2.11. The smallest absolute Gasteiger partial charge is 0.272 e. The summed E-state index contributed by atoms with van der Waals surface area (Å²) in [6.45, 7) is 4.64. The number of hydrazine groups is 1. The van der Waals surface area contributed by atoms with Crippen molar-refractivity contribution in [1.82, 2.24) is 20.0 Å². The second-order valence-corrected chi connectivity index (χ2v) is 7.53. The number of hydrogen-bond donors (Lipinski definition) is 2. The highest BCUT2D eigenvalue weighted by molar-refractivity contribution is 7.89. The zero-order chi connectivity index (χ0) is 18.8. The molecule has 0 bridgehead atoms. The van der Waals surface area contributed by atoms with Crippen LogP contribution in [0.3, 0.4) is 0 Å². The molecule has 0 fully saturated rings. The van der Waals surface area contributed by atoms with Crippen molar-refractivity contribution in [2.45, 2.75) is 25.7 Å². The Hall–Kier alpha value is -2.10. The Bertz CT molecular complexity index is 908. The monoisotopic (exact) mass is 386 g/mol. The van der Waals surface area contributed by atoms with Gasteiger partial charge in [0.05, 0.1) is 11.4 Å². The molecule has 2 aromatic rings. The topological polar surface area (TPSA) is 102 Å². The first-order valence-corrected chi connectivity index (χ1v) is 9.17. The third kappa shape index (κ3) is 4.50. The van der Waals surface area contributed by atoms with E-state index in [1.807, 2.05) is 4.83 Å². The lowest BCUT2D eigenvalue weighted by molar-refractivity contribution is -0.123. The number of nitrogens with one attached hydrogen (secondary N) is 2. The van der Waals surface area contributed by atoms with Crippen LogP contribution >= 0.6 is 11.6 Å². The first-order valence-electron chi connectivity index (χ1n) is 7.31. The molecule has 136 valence electrons. The standard InChI is InChI=1S/C15H19ClN4O4S/c1-9-7-12(16)5-6-13(9)24-8-14(21)17-19-25(22,23)15-10(2)18-20(4)11(15)3/h5-7,19H,8H2,1-4H3,(H,17,21). The lowest BCUT2D eigenvalue weighted by atomic mass is 10.2. The van der Waals surface area contributed by atoms with E-state index in [-0.39, 0.29) is 11.5 Å². The molecule has 2 rings (SSSR count). The Morgan fingerprint density at radius 3 is 2.56 bits per heavy atom. The first-order chi connectivity index (χ1) is 11.6. The van der Waals surface area contributed by atoms with E-state index >= 15 is 0 Å². The highest BCUT2D eigenvalue weighted by atomic mass is 35.5. The maximum Gasteiger partial charge on any atom is 0.272 e. The van der Waals surface area contributed by atoms with Crippen molar-refractivity contribution in [1.29, 1.82) is 0 Å². The summed E-state index contributed by atoms with van der Waals surface area (Å²) in [6, 6.07) is 4.97. The summed E-state index contributed by atoms with van der Waals surface area (Å²) >= 11 is 5.85. The van der Waals surface area contributed by atoms with Gasteiger partial charge in [-0.25, -0.2) is 8.42 Å². The normalized spacial score (nSPS) is 11.4. The average molecular weight is 387 g/mol.